The Morgan fingerprint density at radius 1 is 1.14 bits per heavy atom. The summed E-state index contributed by atoms with van der Waals surface area (Å²) in [7, 11) is 0. The van der Waals surface area contributed by atoms with Gasteiger partial charge in [-0.05, 0) is 36.5 Å². The summed E-state index contributed by atoms with van der Waals surface area (Å²) < 4.78 is 5.31. The second-order valence-electron chi connectivity index (χ2n) is 4.26. The molecule has 0 aromatic heterocycles. The lowest BCUT2D eigenvalue weighted by Crippen LogP contribution is -2.37. The van der Waals surface area contributed by atoms with Crippen LogP contribution in [0.5, 0.6) is 5.75 Å². The zero-order chi connectivity index (χ0) is 15.8. The van der Waals surface area contributed by atoms with Gasteiger partial charge in [0.15, 0.2) is 11.7 Å². The molecule has 1 amide bonds. The van der Waals surface area contributed by atoms with Crippen LogP contribution < -0.4 is 15.4 Å². The molecule has 0 heterocycles. The van der Waals surface area contributed by atoms with Crippen LogP contribution in [0.25, 0.3) is 0 Å². The summed E-state index contributed by atoms with van der Waals surface area (Å²) >= 11 is 5.04. The highest BCUT2D eigenvalue weighted by molar-refractivity contribution is 7.80. The van der Waals surface area contributed by atoms with Crippen LogP contribution in [0.1, 0.15) is 5.56 Å². The maximum Gasteiger partial charge on any atom is 0.264 e. The Kier molecular flexibility index (Phi) is 5.46. The lowest BCUT2D eigenvalue weighted by Gasteiger charge is -2.11. The fraction of sp³-hybridized carbons (Fsp3) is 0.0625. The number of nitriles is 1. The molecule has 22 heavy (non-hydrogen) atoms. The van der Waals surface area contributed by atoms with Gasteiger partial charge in [0.2, 0.25) is 0 Å². The number of para-hydroxylation sites is 2. The first-order valence-corrected chi connectivity index (χ1v) is 6.87. The number of carbonyl (C=O) groups excluding carboxylic acids is 1. The van der Waals surface area contributed by atoms with Crippen LogP contribution >= 0.6 is 12.2 Å². The average Bonchev–Trinajstić information content (AvgIpc) is 2.54. The second-order valence-corrected chi connectivity index (χ2v) is 4.67. The van der Waals surface area contributed by atoms with Crippen molar-refractivity contribution in [1.29, 1.82) is 5.26 Å². The molecule has 0 saturated carbocycles. The van der Waals surface area contributed by atoms with Gasteiger partial charge in [-0.25, -0.2) is 0 Å². The van der Waals surface area contributed by atoms with Crippen molar-refractivity contribution < 1.29 is 9.53 Å². The molecule has 0 fully saturated rings. The Bertz CT molecular complexity index is 711. The minimum Gasteiger partial charge on any atom is -0.484 e. The van der Waals surface area contributed by atoms with Crippen LogP contribution in [0, 0.1) is 11.3 Å². The molecule has 0 aliphatic rings. The number of nitrogens with zero attached hydrogens (tertiary/aromatic N) is 1. The number of ether oxygens (including phenoxy) is 1. The van der Waals surface area contributed by atoms with E-state index in [4.69, 9.17) is 22.2 Å². The molecule has 0 spiro atoms. The molecule has 2 aromatic carbocycles. The van der Waals surface area contributed by atoms with E-state index in [2.05, 4.69) is 10.6 Å². The molecule has 6 heteroatoms. The predicted octanol–water partition coefficient (Wildman–Crippen LogP) is 2.45. The molecule has 2 rings (SSSR count). The van der Waals surface area contributed by atoms with Crippen molar-refractivity contribution in [1.82, 2.24) is 5.32 Å². The first-order chi connectivity index (χ1) is 10.7. The molecular formula is C16H13N3O2S. The van der Waals surface area contributed by atoms with Crippen molar-refractivity contribution in [3.8, 4) is 11.8 Å². The minimum atomic E-state index is -0.379. The molecule has 0 radical (unpaired) electrons. The van der Waals surface area contributed by atoms with Gasteiger partial charge in [0.25, 0.3) is 5.91 Å². The van der Waals surface area contributed by atoms with Crippen LogP contribution in [-0.2, 0) is 4.79 Å². The molecular weight excluding hydrogens is 298 g/mol. The number of nitrogens with one attached hydrogen (secondary N) is 2. The van der Waals surface area contributed by atoms with Crippen molar-refractivity contribution in [3.05, 3.63) is 60.2 Å². The van der Waals surface area contributed by atoms with E-state index in [0.29, 0.717) is 17.0 Å². The molecule has 0 aliphatic heterocycles. The van der Waals surface area contributed by atoms with Gasteiger partial charge in [-0.1, -0.05) is 30.3 Å². The van der Waals surface area contributed by atoms with E-state index in [1.165, 1.54) is 0 Å². The van der Waals surface area contributed by atoms with E-state index in [1.807, 2.05) is 24.3 Å². The van der Waals surface area contributed by atoms with Gasteiger partial charge in [-0.3, -0.25) is 10.1 Å². The maximum atomic E-state index is 11.7. The second kappa shape index (κ2) is 7.76. The average molecular weight is 311 g/mol. The Morgan fingerprint density at radius 3 is 2.55 bits per heavy atom. The Morgan fingerprint density at radius 2 is 1.82 bits per heavy atom. The molecule has 2 aromatic rings. The van der Waals surface area contributed by atoms with Crippen molar-refractivity contribution in [2.45, 2.75) is 0 Å². The van der Waals surface area contributed by atoms with Gasteiger partial charge in [0.1, 0.15) is 11.8 Å². The maximum absolute atomic E-state index is 11.7. The molecule has 2 N–H and O–H groups in total. The zero-order valence-electron chi connectivity index (χ0n) is 11.6. The molecule has 0 bridgehead atoms. The van der Waals surface area contributed by atoms with Gasteiger partial charge in [0.05, 0.1) is 11.3 Å². The SMILES string of the molecule is N#Cc1ccccc1NC(=S)NC(=O)COc1ccccc1. The standard InChI is InChI=1S/C16H13N3O2S/c17-10-12-6-4-5-9-14(12)18-16(22)19-15(20)11-21-13-7-2-1-3-8-13/h1-9H,11H2,(H2,18,19,20,22). The normalized spacial score (nSPS) is 9.41. The van der Waals surface area contributed by atoms with E-state index in [1.54, 1.807) is 36.4 Å². The van der Waals surface area contributed by atoms with E-state index >= 15 is 0 Å². The van der Waals surface area contributed by atoms with E-state index in [0.717, 1.165) is 0 Å². The zero-order valence-corrected chi connectivity index (χ0v) is 12.4. The van der Waals surface area contributed by atoms with Gasteiger partial charge >= 0.3 is 0 Å². The Balaban J connectivity index is 1.84. The fourth-order valence-electron chi connectivity index (χ4n) is 1.67. The number of thiocarbonyl (C=S) groups is 1. The smallest absolute Gasteiger partial charge is 0.264 e. The van der Waals surface area contributed by atoms with E-state index < -0.39 is 0 Å². The van der Waals surface area contributed by atoms with E-state index in [-0.39, 0.29) is 17.6 Å². The van der Waals surface area contributed by atoms with Crippen LogP contribution in [0.2, 0.25) is 0 Å². The van der Waals surface area contributed by atoms with Gasteiger partial charge < -0.3 is 10.1 Å². The highest BCUT2D eigenvalue weighted by Crippen LogP contribution is 2.13. The van der Waals surface area contributed by atoms with Gasteiger partial charge in [0, 0.05) is 0 Å². The summed E-state index contributed by atoms with van der Waals surface area (Å²) in [5.41, 5.74) is 0.985. The Labute approximate surface area is 133 Å². The summed E-state index contributed by atoms with van der Waals surface area (Å²) in [6.07, 6.45) is 0. The highest BCUT2D eigenvalue weighted by atomic mass is 32.1. The molecule has 0 saturated heterocycles. The minimum absolute atomic E-state index is 0.115. The molecule has 0 aliphatic carbocycles. The molecule has 0 unspecified atom stereocenters. The largest absolute Gasteiger partial charge is 0.484 e. The summed E-state index contributed by atoms with van der Waals surface area (Å²) in [6, 6.07) is 17.9. The van der Waals surface area contributed by atoms with Crippen molar-refractivity contribution >= 4 is 28.9 Å². The van der Waals surface area contributed by atoms with Crippen LogP contribution in [-0.4, -0.2) is 17.6 Å². The number of anilines is 1. The number of benzene rings is 2. The summed E-state index contributed by atoms with van der Waals surface area (Å²) in [4.78, 5) is 11.7. The lowest BCUT2D eigenvalue weighted by molar-refractivity contribution is -0.121. The third kappa shape index (κ3) is 4.58. The third-order valence-corrected chi connectivity index (χ3v) is 2.87. The summed E-state index contributed by atoms with van der Waals surface area (Å²) in [5, 5.41) is 14.4. The van der Waals surface area contributed by atoms with Crippen molar-refractivity contribution in [2.75, 3.05) is 11.9 Å². The summed E-state index contributed by atoms with van der Waals surface area (Å²) in [5.74, 6) is 0.224. The van der Waals surface area contributed by atoms with Crippen molar-refractivity contribution in [2.24, 2.45) is 0 Å². The number of hydrogen-bond donors (Lipinski definition) is 2. The van der Waals surface area contributed by atoms with Gasteiger partial charge in [-0.15, -0.1) is 0 Å². The van der Waals surface area contributed by atoms with Crippen LogP contribution in [0.15, 0.2) is 54.6 Å². The number of rotatable bonds is 4. The van der Waals surface area contributed by atoms with Gasteiger partial charge in [-0.2, -0.15) is 5.26 Å². The first-order valence-electron chi connectivity index (χ1n) is 6.47. The van der Waals surface area contributed by atoms with Crippen LogP contribution in [0.4, 0.5) is 5.69 Å². The first kappa shape index (κ1) is 15.5. The van der Waals surface area contributed by atoms with E-state index in [9.17, 15) is 4.79 Å². The molecule has 0 atom stereocenters. The molecule has 110 valence electrons. The fourth-order valence-corrected chi connectivity index (χ4v) is 1.90. The van der Waals surface area contributed by atoms with Crippen molar-refractivity contribution in [3.63, 3.8) is 0 Å². The third-order valence-electron chi connectivity index (χ3n) is 2.66. The predicted molar refractivity (Wildman–Crippen MR) is 87.5 cm³/mol. The Hall–Kier alpha value is -2.91. The topological polar surface area (TPSA) is 74.2 Å². The number of hydrogen-bond acceptors (Lipinski definition) is 4. The monoisotopic (exact) mass is 311 g/mol. The molecule has 5 nitrogen and oxygen atoms in total. The number of amides is 1. The highest BCUT2D eigenvalue weighted by Gasteiger charge is 2.07. The quantitative estimate of drug-likeness (QED) is 0.848. The summed E-state index contributed by atoms with van der Waals surface area (Å²) in [6.45, 7) is -0.147. The van der Waals surface area contributed by atoms with Crippen LogP contribution in [0.3, 0.4) is 0 Å². The number of carbonyl (C=O) groups is 1. The lowest BCUT2D eigenvalue weighted by atomic mass is 10.2.